The highest BCUT2D eigenvalue weighted by Crippen LogP contribution is 2.37. The molecule has 0 aromatic heterocycles. The van der Waals surface area contributed by atoms with E-state index in [0.29, 0.717) is 46.3 Å². The zero-order valence-corrected chi connectivity index (χ0v) is 20.5. The van der Waals surface area contributed by atoms with Crippen LogP contribution in [0.1, 0.15) is 23.6 Å². The molecule has 4 nitrogen and oxygen atoms in total. The lowest BCUT2D eigenvalue weighted by molar-refractivity contribution is 0.269. The third kappa shape index (κ3) is 6.78. The van der Waals surface area contributed by atoms with Crippen LogP contribution in [0.15, 0.2) is 64.2 Å². The Balaban J connectivity index is 1.70. The number of benzene rings is 3. The van der Waals surface area contributed by atoms with Crippen LogP contribution < -0.4 is 14.9 Å². The molecule has 3 rings (SSSR count). The Hall–Kier alpha value is -1.92. The van der Waals surface area contributed by atoms with Gasteiger partial charge in [-0.25, -0.2) is 0 Å². The Labute approximate surface area is 205 Å². The summed E-state index contributed by atoms with van der Waals surface area (Å²) >= 11 is 22.3. The zero-order valence-electron chi connectivity index (χ0n) is 16.7. The van der Waals surface area contributed by atoms with Crippen molar-refractivity contribution < 1.29 is 9.47 Å². The highest BCUT2D eigenvalue weighted by molar-refractivity contribution is 9.10. The molecule has 0 radical (unpaired) electrons. The number of nitrogens with zero attached hydrogens (tertiary/aromatic N) is 1. The van der Waals surface area contributed by atoms with Gasteiger partial charge in [-0.05, 0) is 54.4 Å². The van der Waals surface area contributed by atoms with E-state index in [9.17, 15) is 0 Å². The van der Waals surface area contributed by atoms with Gasteiger partial charge in [0.25, 0.3) is 0 Å². The summed E-state index contributed by atoms with van der Waals surface area (Å²) in [5, 5.41) is 5.86. The average molecular weight is 543 g/mol. The van der Waals surface area contributed by atoms with Crippen LogP contribution in [-0.4, -0.2) is 12.8 Å². The summed E-state index contributed by atoms with van der Waals surface area (Å²) in [6, 6.07) is 16.9. The smallest absolute Gasteiger partial charge is 0.180 e. The molecule has 31 heavy (non-hydrogen) atoms. The molecule has 0 amide bonds. The van der Waals surface area contributed by atoms with Gasteiger partial charge >= 0.3 is 0 Å². The van der Waals surface area contributed by atoms with E-state index in [2.05, 4.69) is 26.5 Å². The number of hydrogen-bond acceptors (Lipinski definition) is 4. The maximum Gasteiger partial charge on any atom is 0.180 e. The molecule has 0 spiro atoms. The standard InChI is InChI=1S/C23H20BrCl3N2O2/c1-2-30-22-11-16(12-28-29-13-18-19(25)4-3-5-20(18)26)10-21(27)23(22)31-14-15-6-8-17(24)9-7-15/h3-12,29H,2,13-14H2,1H3/b28-12-. The highest BCUT2D eigenvalue weighted by Gasteiger charge is 2.13. The highest BCUT2D eigenvalue weighted by atomic mass is 79.9. The lowest BCUT2D eigenvalue weighted by Gasteiger charge is -2.14. The molecule has 0 fully saturated rings. The molecule has 0 saturated heterocycles. The third-order valence-corrected chi connectivity index (χ3v) is 5.77. The first kappa shape index (κ1) is 23.7. The Morgan fingerprint density at radius 1 is 0.968 bits per heavy atom. The van der Waals surface area contributed by atoms with Gasteiger partial charge in [0.1, 0.15) is 6.61 Å². The Kier molecular flexibility index (Phi) is 8.90. The summed E-state index contributed by atoms with van der Waals surface area (Å²) in [6.45, 7) is 3.16. The maximum atomic E-state index is 6.48. The van der Waals surface area contributed by atoms with Gasteiger partial charge in [0.15, 0.2) is 11.5 Å². The molecule has 1 N–H and O–H groups in total. The predicted molar refractivity (Wildman–Crippen MR) is 132 cm³/mol. The fourth-order valence-corrected chi connectivity index (χ4v) is 3.82. The van der Waals surface area contributed by atoms with E-state index < -0.39 is 0 Å². The van der Waals surface area contributed by atoms with Crippen molar-refractivity contribution in [1.29, 1.82) is 0 Å². The van der Waals surface area contributed by atoms with E-state index in [0.717, 1.165) is 21.2 Å². The van der Waals surface area contributed by atoms with Crippen molar-refractivity contribution in [3.63, 3.8) is 0 Å². The summed E-state index contributed by atoms with van der Waals surface area (Å²) in [5.74, 6) is 1.06. The second-order valence-electron chi connectivity index (χ2n) is 6.47. The van der Waals surface area contributed by atoms with E-state index in [-0.39, 0.29) is 0 Å². The summed E-state index contributed by atoms with van der Waals surface area (Å²) in [7, 11) is 0. The second-order valence-corrected chi connectivity index (χ2v) is 8.61. The first-order valence-electron chi connectivity index (χ1n) is 9.50. The topological polar surface area (TPSA) is 42.8 Å². The minimum atomic E-state index is 0.376. The van der Waals surface area contributed by atoms with Crippen LogP contribution in [0.25, 0.3) is 0 Å². The molecular weight excluding hydrogens is 523 g/mol. The van der Waals surface area contributed by atoms with E-state index in [4.69, 9.17) is 44.3 Å². The second kappa shape index (κ2) is 11.6. The third-order valence-electron chi connectivity index (χ3n) is 4.25. The van der Waals surface area contributed by atoms with Crippen molar-refractivity contribution >= 4 is 56.9 Å². The van der Waals surface area contributed by atoms with Crippen molar-refractivity contribution in [2.75, 3.05) is 6.61 Å². The molecule has 0 aliphatic heterocycles. The van der Waals surface area contributed by atoms with Crippen LogP contribution in [0.2, 0.25) is 15.1 Å². The fraction of sp³-hybridized carbons (Fsp3) is 0.174. The quantitative estimate of drug-likeness (QED) is 0.225. The van der Waals surface area contributed by atoms with Gasteiger partial charge in [-0.1, -0.05) is 68.9 Å². The van der Waals surface area contributed by atoms with Crippen LogP contribution in [-0.2, 0) is 13.2 Å². The molecule has 8 heteroatoms. The van der Waals surface area contributed by atoms with Gasteiger partial charge in [-0.3, -0.25) is 0 Å². The fourth-order valence-electron chi connectivity index (χ4n) is 2.75. The number of halogens is 4. The molecule has 0 bridgehead atoms. The van der Waals surface area contributed by atoms with E-state index >= 15 is 0 Å². The number of hydrazone groups is 1. The van der Waals surface area contributed by atoms with Gasteiger partial charge in [0.2, 0.25) is 0 Å². The molecule has 0 unspecified atom stereocenters. The summed E-state index contributed by atoms with van der Waals surface area (Å²) in [4.78, 5) is 0. The van der Waals surface area contributed by atoms with Crippen molar-refractivity contribution in [3.8, 4) is 11.5 Å². The minimum absolute atomic E-state index is 0.376. The minimum Gasteiger partial charge on any atom is -0.490 e. The molecule has 0 aliphatic rings. The lowest BCUT2D eigenvalue weighted by atomic mass is 10.2. The van der Waals surface area contributed by atoms with Crippen LogP contribution in [0.5, 0.6) is 11.5 Å². The number of rotatable bonds is 9. The van der Waals surface area contributed by atoms with Gasteiger partial charge < -0.3 is 14.9 Å². The monoisotopic (exact) mass is 540 g/mol. The summed E-state index contributed by atoms with van der Waals surface area (Å²) < 4.78 is 12.7. The first-order valence-corrected chi connectivity index (χ1v) is 11.4. The van der Waals surface area contributed by atoms with Gasteiger partial charge in [0.05, 0.1) is 24.4 Å². The lowest BCUT2D eigenvalue weighted by Crippen LogP contribution is -2.07. The van der Waals surface area contributed by atoms with Crippen LogP contribution in [0.4, 0.5) is 0 Å². The van der Waals surface area contributed by atoms with Gasteiger partial charge in [-0.15, -0.1) is 0 Å². The normalized spacial score (nSPS) is 11.0. The molecule has 162 valence electrons. The molecular formula is C23H20BrCl3N2O2. The molecule has 0 atom stereocenters. The average Bonchev–Trinajstić information content (AvgIpc) is 2.74. The number of ether oxygens (including phenoxy) is 2. The van der Waals surface area contributed by atoms with E-state index in [1.807, 2.05) is 37.3 Å². The van der Waals surface area contributed by atoms with E-state index in [1.54, 1.807) is 30.5 Å². The van der Waals surface area contributed by atoms with Crippen molar-refractivity contribution in [3.05, 3.63) is 90.8 Å². The Morgan fingerprint density at radius 2 is 1.68 bits per heavy atom. The summed E-state index contributed by atoms with van der Waals surface area (Å²) in [6.07, 6.45) is 1.65. The van der Waals surface area contributed by atoms with E-state index in [1.165, 1.54) is 0 Å². The molecule has 3 aromatic carbocycles. The largest absolute Gasteiger partial charge is 0.490 e. The summed E-state index contributed by atoms with van der Waals surface area (Å²) in [5.41, 5.74) is 5.52. The van der Waals surface area contributed by atoms with Gasteiger partial charge in [-0.2, -0.15) is 5.10 Å². The zero-order chi connectivity index (χ0) is 22.2. The first-order chi connectivity index (χ1) is 15.0. The molecule has 0 saturated carbocycles. The van der Waals surface area contributed by atoms with Crippen LogP contribution >= 0.6 is 50.7 Å². The SMILES string of the molecule is CCOc1cc(/C=N\NCc2c(Cl)cccc2Cl)cc(Cl)c1OCc1ccc(Br)cc1. The molecule has 0 aliphatic carbocycles. The van der Waals surface area contributed by atoms with Crippen molar-refractivity contribution in [2.45, 2.75) is 20.1 Å². The predicted octanol–water partition coefficient (Wildman–Crippen LogP) is 7.51. The maximum absolute atomic E-state index is 6.48. The van der Waals surface area contributed by atoms with Gasteiger partial charge in [0, 0.05) is 20.1 Å². The van der Waals surface area contributed by atoms with Crippen molar-refractivity contribution in [2.24, 2.45) is 5.10 Å². The van der Waals surface area contributed by atoms with Crippen LogP contribution in [0, 0.1) is 0 Å². The number of hydrogen-bond donors (Lipinski definition) is 1. The molecule has 3 aromatic rings. The Bertz CT molecular complexity index is 1040. The van der Waals surface area contributed by atoms with Crippen molar-refractivity contribution in [1.82, 2.24) is 5.43 Å². The van der Waals surface area contributed by atoms with Crippen LogP contribution in [0.3, 0.4) is 0 Å². The Morgan fingerprint density at radius 3 is 2.35 bits per heavy atom. The number of nitrogens with one attached hydrogen (secondary N) is 1. The molecule has 0 heterocycles.